The second-order valence-corrected chi connectivity index (χ2v) is 15.1. The molecule has 0 bridgehead atoms. The van der Waals surface area contributed by atoms with E-state index in [0.29, 0.717) is 12.8 Å². The average molecular weight is 762 g/mol. The van der Waals surface area contributed by atoms with Crippen molar-refractivity contribution in [1.29, 1.82) is 0 Å². The highest BCUT2D eigenvalue weighted by Gasteiger charge is 2.19. The maximum absolute atomic E-state index is 12.2. The number of allylic oxidation sites excluding steroid dienone is 16. The molecule has 55 heavy (non-hydrogen) atoms. The van der Waals surface area contributed by atoms with E-state index < -0.39 is 12.1 Å². The van der Waals surface area contributed by atoms with Crippen LogP contribution in [0.3, 0.4) is 0 Å². The van der Waals surface area contributed by atoms with E-state index in [1.807, 2.05) is 0 Å². The molecule has 0 aliphatic rings. The van der Waals surface area contributed by atoms with Crippen LogP contribution in [0.4, 0.5) is 0 Å². The van der Waals surface area contributed by atoms with Crippen LogP contribution in [0.5, 0.6) is 0 Å². The van der Waals surface area contributed by atoms with Crippen LogP contribution in [0.15, 0.2) is 97.2 Å². The molecule has 2 atom stereocenters. The van der Waals surface area contributed by atoms with Gasteiger partial charge in [-0.25, -0.2) is 0 Å². The lowest BCUT2D eigenvalue weighted by atomic mass is 10.0. The van der Waals surface area contributed by atoms with Gasteiger partial charge in [0.05, 0.1) is 18.8 Å². The molecular weight excluding hydrogens is 675 g/mol. The monoisotopic (exact) mass is 762 g/mol. The van der Waals surface area contributed by atoms with E-state index in [9.17, 15) is 15.0 Å². The third kappa shape index (κ3) is 42.3. The van der Waals surface area contributed by atoms with Gasteiger partial charge in [0.25, 0.3) is 0 Å². The Morgan fingerprint density at radius 1 is 0.455 bits per heavy atom. The van der Waals surface area contributed by atoms with Crippen molar-refractivity contribution >= 4 is 5.91 Å². The van der Waals surface area contributed by atoms with Gasteiger partial charge in [-0.3, -0.25) is 4.79 Å². The molecule has 0 saturated carbocycles. The quantitative estimate of drug-likeness (QED) is 0.0430. The summed E-state index contributed by atoms with van der Waals surface area (Å²) in [5.41, 5.74) is 0. The van der Waals surface area contributed by atoms with Gasteiger partial charge in [-0.15, -0.1) is 0 Å². The predicted molar refractivity (Wildman–Crippen MR) is 243 cm³/mol. The van der Waals surface area contributed by atoms with Crippen LogP contribution in [-0.4, -0.2) is 34.9 Å². The lowest BCUT2D eigenvalue weighted by molar-refractivity contribution is -0.123. The van der Waals surface area contributed by atoms with Crippen LogP contribution in [0.1, 0.15) is 200 Å². The van der Waals surface area contributed by atoms with Gasteiger partial charge in [0.2, 0.25) is 5.91 Å². The number of carbonyl (C=O) groups excluding carboxylic acids is 1. The van der Waals surface area contributed by atoms with Crippen molar-refractivity contribution < 1.29 is 15.0 Å². The van der Waals surface area contributed by atoms with E-state index in [2.05, 4.69) is 116 Å². The molecule has 0 aromatic carbocycles. The molecule has 0 aliphatic heterocycles. The van der Waals surface area contributed by atoms with Gasteiger partial charge in [-0.05, 0) is 77.0 Å². The van der Waals surface area contributed by atoms with Crippen LogP contribution in [0, 0.1) is 0 Å². The van der Waals surface area contributed by atoms with Gasteiger partial charge in [0.1, 0.15) is 0 Å². The van der Waals surface area contributed by atoms with E-state index in [0.717, 1.165) is 89.9 Å². The number of hydrogen-bond donors (Lipinski definition) is 3. The summed E-state index contributed by atoms with van der Waals surface area (Å²) in [5.74, 6) is -0.0455. The van der Waals surface area contributed by atoms with Crippen molar-refractivity contribution in [3.8, 4) is 0 Å². The van der Waals surface area contributed by atoms with Gasteiger partial charge in [0, 0.05) is 6.42 Å². The highest BCUT2D eigenvalue weighted by Crippen LogP contribution is 2.14. The SMILES string of the molecule is CC/C=C\C/C=C\C/C=C\C/C=C\C/C=C\C/C=C\C/C=C\C/C=C\CCCCCCCCCCCCCCCCC(=O)NC(CO)C(O)CCCCCC. The number of carbonyl (C=O) groups is 1. The third-order valence-corrected chi connectivity index (χ3v) is 9.86. The molecule has 2 unspecified atom stereocenters. The normalized spacial score (nSPS) is 13.9. The number of rotatable bonds is 40. The molecule has 3 N–H and O–H groups in total. The summed E-state index contributed by atoms with van der Waals surface area (Å²) in [7, 11) is 0. The van der Waals surface area contributed by atoms with Gasteiger partial charge in [0.15, 0.2) is 0 Å². The Hall–Kier alpha value is -2.69. The minimum atomic E-state index is -0.659. The fourth-order valence-corrected chi connectivity index (χ4v) is 6.37. The third-order valence-electron chi connectivity index (χ3n) is 9.86. The van der Waals surface area contributed by atoms with Crippen molar-refractivity contribution in [3.05, 3.63) is 97.2 Å². The molecule has 0 rings (SSSR count). The fraction of sp³-hybridized carbons (Fsp3) is 0.667. The summed E-state index contributed by atoms with van der Waals surface area (Å²) >= 11 is 0. The van der Waals surface area contributed by atoms with Crippen molar-refractivity contribution in [3.63, 3.8) is 0 Å². The Morgan fingerprint density at radius 2 is 0.800 bits per heavy atom. The van der Waals surface area contributed by atoms with E-state index >= 15 is 0 Å². The standard InChI is InChI=1S/C51H87NO3/c1-3-5-7-9-10-11-12-13-14-15-16-17-18-19-20-21-22-23-24-25-26-27-28-29-30-31-32-33-34-35-36-37-38-39-40-41-42-43-45-47-51(55)52-49(48-53)50(54)46-44-8-6-4-2/h5,7,10-11,13-14,16-17,19-20,22-23,25-26,28-29,49-50,53-54H,3-4,6,8-9,12,15,18,21,24,27,30-48H2,1-2H3,(H,52,55)/b7-5-,11-10-,14-13-,17-16-,20-19-,23-22-,26-25-,29-28-. The fourth-order valence-electron chi connectivity index (χ4n) is 6.37. The molecule has 0 aromatic rings. The second kappa shape index (κ2) is 45.7. The largest absolute Gasteiger partial charge is 0.394 e. The molecule has 0 aliphatic carbocycles. The molecule has 0 aromatic heterocycles. The van der Waals surface area contributed by atoms with Crippen LogP contribution in [0.25, 0.3) is 0 Å². The summed E-state index contributed by atoms with van der Waals surface area (Å²) in [4.78, 5) is 12.2. The van der Waals surface area contributed by atoms with E-state index in [4.69, 9.17) is 0 Å². The summed E-state index contributed by atoms with van der Waals surface area (Å²) in [5, 5.41) is 22.7. The first-order valence-corrected chi connectivity index (χ1v) is 22.9. The highest BCUT2D eigenvalue weighted by atomic mass is 16.3. The Bertz CT molecular complexity index is 1050. The maximum atomic E-state index is 12.2. The van der Waals surface area contributed by atoms with Crippen molar-refractivity contribution in [2.24, 2.45) is 0 Å². The Labute approximate surface area is 341 Å². The average Bonchev–Trinajstić information content (AvgIpc) is 3.19. The maximum Gasteiger partial charge on any atom is 0.220 e. The Morgan fingerprint density at radius 3 is 1.18 bits per heavy atom. The molecule has 1 amide bonds. The van der Waals surface area contributed by atoms with Gasteiger partial charge in [-0.2, -0.15) is 0 Å². The van der Waals surface area contributed by atoms with E-state index in [1.165, 1.54) is 83.5 Å². The summed E-state index contributed by atoms with van der Waals surface area (Å²) < 4.78 is 0. The first-order chi connectivity index (χ1) is 27.2. The van der Waals surface area contributed by atoms with Gasteiger partial charge in [-0.1, -0.05) is 214 Å². The molecule has 0 saturated heterocycles. The zero-order valence-electron chi connectivity index (χ0n) is 35.9. The number of aliphatic hydroxyl groups excluding tert-OH is 2. The summed E-state index contributed by atoms with van der Waals surface area (Å²) in [6.45, 7) is 4.12. The van der Waals surface area contributed by atoms with E-state index in [-0.39, 0.29) is 12.5 Å². The molecule has 314 valence electrons. The number of amides is 1. The predicted octanol–water partition coefficient (Wildman–Crippen LogP) is 14.6. The van der Waals surface area contributed by atoms with Gasteiger partial charge < -0.3 is 15.5 Å². The molecule has 4 nitrogen and oxygen atoms in total. The topological polar surface area (TPSA) is 69.6 Å². The number of unbranched alkanes of at least 4 members (excludes halogenated alkanes) is 17. The van der Waals surface area contributed by atoms with Crippen LogP contribution >= 0.6 is 0 Å². The lowest BCUT2D eigenvalue weighted by Gasteiger charge is -2.22. The molecule has 0 heterocycles. The zero-order chi connectivity index (χ0) is 40.0. The van der Waals surface area contributed by atoms with Gasteiger partial charge >= 0.3 is 0 Å². The number of hydrogen-bond acceptors (Lipinski definition) is 3. The van der Waals surface area contributed by atoms with E-state index in [1.54, 1.807) is 0 Å². The molecule has 0 spiro atoms. The molecule has 0 radical (unpaired) electrons. The van der Waals surface area contributed by atoms with Crippen LogP contribution in [0.2, 0.25) is 0 Å². The number of nitrogens with one attached hydrogen (secondary N) is 1. The van der Waals surface area contributed by atoms with Crippen molar-refractivity contribution in [2.75, 3.05) is 6.61 Å². The zero-order valence-corrected chi connectivity index (χ0v) is 35.9. The number of aliphatic hydroxyl groups is 2. The second-order valence-electron chi connectivity index (χ2n) is 15.1. The van der Waals surface area contributed by atoms with Crippen molar-refractivity contribution in [2.45, 2.75) is 212 Å². The highest BCUT2D eigenvalue weighted by molar-refractivity contribution is 5.76. The minimum absolute atomic E-state index is 0.0455. The molecular formula is C51H87NO3. The summed E-state index contributed by atoms with van der Waals surface area (Å²) in [6.07, 6.45) is 68.4. The summed E-state index contributed by atoms with van der Waals surface area (Å²) in [6, 6.07) is -0.536. The first kappa shape index (κ1) is 52.3. The van der Waals surface area contributed by atoms with Crippen LogP contribution < -0.4 is 5.32 Å². The molecule has 4 heteroatoms. The molecule has 0 fully saturated rings. The lowest BCUT2D eigenvalue weighted by Crippen LogP contribution is -2.45. The van der Waals surface area contributed by atoms with Crippen LogP contribution in [-0.2, 0) is 4.79 Å². The van der Waals surface area contributed by atoms with Crippen molar-refractivity contribution in [1.82, 2.24) is 5.32 Å². The smallest absolute Gasteiger partial charge is 0.220 e. The Balaban J connectivity index is 3.48. The minimum Gasteiger partial charge on any atom is -0.394 e. The first-order valence-electron chi connectivity index (χ1n) is 22.9. The Kier molecular flexibility index (Phi) is 43.5.